The van der Waals surface area contributed by atoms with E-state index in [0.29, 0.717) is 13.0 Å². The lowest BCUT2D eigenvalue weighted by Crippen LogP contribution is -2.30. The monoisotopic (exact) mass is 336 g/mol. The number of para-hydroxylation sites is 1. The van der Waals surface area contributed by atoms with Crippen LogP contribution in [0.15, 0.2) is 48.5 Å². The van der Waals surface area contributed by atoms with E-state index in [0.717, 1.165) is 37.5 Å². The standard InChI is InChI=1S/C21H24N2O2/c24-21(11-15-25-19-6-2-1-3-7-19)23-14-10-17-16-18(8-9-20(17)23)22-12-4-5-13-22/h1-3,6-9,16H,4-5,10-15H2. The van der Waals surface area contributed by atoms with Crippen LogP contribution < -0.4 is 14.5 Å². The largest absolute Gasteiger partial charge is 0.493 e. The molecule has 0 aliphatic carbocycles. The van der Waals surface area contributed by atoms with Crippen molar-refractivity contribution < 1.29 is 9.53 Å². The number of hydrogen-bond acceptors (Lipinski definition) is 3. The fourth-order valence-electron chi connectivity index (χ4n) is 3.73. The van der Waals surface area contributed by atoms with Gasteiger partial charge in [-0.05, 0) is 55.2 Å². The fraction of sp³-hybridized carbons (Fsp3) is 0.381. The van der Waals surface area contributed by atoms with Gasteiger partial charge < -0.3 is 14.5 Å². The Bertz CT molecular complexity index is 739. The highest BCUT2D eigenvalue weighted by atomic mass is 16.5. The van der Waals surface area contributed by atoms with Crippen LogP contribution >= 0.6 is 0 Å². The van der Waals surface area contributed by atoms with Crippen LogP contribution in [0.3, 0.4) is 0 Å². The minimum Gasteiger partial charge on any atom is -0.493 e. The third kappa shape index (κ3) is 3.48. The third-order valence-electron chi connectivity index (χ3n) is 5.06. The Kier molecular flexibility index (Phi) is 4.59. The number of benzene rings is 2. The average molecular weight is 336 g/mol. The molecule has 1 saturated heterocycles. The van der Waals surface area contributed by atoms with Gasteiger partial charge in [0.25, 0.3) is 0 Å². The second-order valence-electron chi connectivity index (χ2n) is 6.71. The Morgan fingerprint density at radius 3 is 2.60 bits per heavy atom. The summed E-state index contributed by atoms with van der Waals surface area (Å²) in [6.45, 7) is 3.50. The number of rotatable bonds is 5. The number of hydrogen-bond donors (Lipinski definition) is 0. The van der Waals surface area contributed by atoms with Gasteiger partial charge in [-0.15, -0.1) is 0 Å². The highest BCUT2D eigenvalue weighted by molar-refractivity contribution is 5.95. The van der Waals surface area contributed by atoms with Crippen molar-refractivity contribution >= 4 is 17.3 Å². The van der Waals surface area contributed by atoms with Crippen LogP contribution in [0.5, 0.6) is 5.75 Å². The quantitative estimate of drug-likeness (QED) is 0.836. The molecule has 0 bridgehead atoms. The number of nitrogens with zero attached hydrogens (tertiary/aromatic N) is 2. The lowest BCUT2D eigenvalue weighted by molar-refractivity contribution is -0.119. The Balaban J connectivity index is 1.37. The van der Waals surface area contributed by atoms with Gasteiger partial charge in [-0.25, -0.2) is 0 Å². The maximum Gasteiger partial charge on any atom is 0.230 e. The number of anilines is 2. The smallest absolute Gasteiger partial charge is 0.230 e. The van der Waals surface area contributed by atoms with Crippen LogP contribution in [0.4, 0.5) is 11.4 Å². The number of amides is 1. The third-order valence-corrected chi connectivity index (χ3v) is 5.06. The Labute approximate surface area is 149 Å². The first kappa shape index (κ1) is 16.0. The molecule has 0 N–H and O–H groups in total. The van der Waals surface area contributed by atoms with E-state index in [1.165, 1.54) is 24.1 Å². The molecule has 1 amide bonds. The average Bonchev–Trinajstić information content (AvgIpc) is 3.32. The Morgan fingerprint density at radius 1 is 1.00 bits per heavy atom. The molecule has 25 heavy (non-hydrogen) atoms. The van der Waals surface area contributed by atoms with Gasteiger partial charge >= 0.3 is 0 Å². The maximum absolute atomic E-state index is 12.6. The van der Waals surface area contributed by atoms with Gasteiger partial charge in [-0.1, -0.05) is 18.2 Å². The van der Waals surface area contributed by atoms with Crippen LogP contribution in [-0.2, 0) is 11.2 Å². The number of carbonyl (C=O) groups is 1. The van der Waals surface area contributed by atoms with Gasteiger partial charge in [0.2, 0.25) is 5.91 Å². The van der Waals surface area contributed by atoms with E-state index < -0.39 is 0 Å². The molecule has 0 spiro atoms. The molecule has 2 aromatic carbocycles. The van der Waals surface area contributed by atoms with Crippen molar-refractivity contribution in [2.24, 2.45) is 0 Å². The van der Waals surface area contributed by atoms with E-state index in [1.54, 1.807) is 0 Å². The molecule has 0 atom stereocenters. The van der Waals surface area contributed by atoms with Crippen molar-refractivity contribution in [1.82, 2.24) is 0 Å². The van der Waals surface area contributed by atoms with Crippen LogP contribution in [-0.4, -0.2) is 32.1 Å². The molecule has 130 valence electrons. The van der Waals surface area contributed by atoms with Crippen LogP contribution in [0.2, 0.25) is 0 Å². The van der Waals surface area contributed by atoms with Crippen molar-refractivity contribution in [3.05, 3.63) is 54.1 Å². The van der Waals surface area contributed by atoms with E-state index in [4.69, 9.17) is 4.74 Å². The summed E-state index contributed by atoms with van der Waals surface area (Å²) in [5.41, 5.74) is 3.67. The molecule has 4 nitrogen and oxygen atoms in total. The minimum atomic E-state index is 0.142. The highest BCUT2D eigenvalue weighted by Gasteiger charge is 2.25. The molecule has 0 aromatic heterocycles. The molecule has 2 aliphatic rings. The van der Waals surface area contributed by atoms with Crippen LogP contribution in [0.25, 0.3) is 0 Å². The van der Waals surface area contributed by atoms with Gasteiger partial charge in [0.1, 0.15) is 5.75 Å². The number of carbonyl (C=O) groups excluding carboxylic acids is 1. The molecule has 1 fully saturated rings. The molecule has 4 heteroatoms. The van der Waals surface area contributed by atoms with Crippen molar-refractivity contribution in [2.45, 2.75) is 25.7 Å². The first-order valence-electron chi connectivity index (χ1n) is 9.17. The van der Waals surface area contributed by atoms with Gasteiger partial charge in [0.05, 0.1) is 13.0 Å². The second-order valence-corrected chi connectivity index (χ2v) is 6.71. The van der Waals surface area contributed by atoms with E-state index in [-0.39, 0.29) is 5.91 Å². The highest BCUT2D eigenvalue weighted by Crippen LogP contribution is 2.33. The summed E-state index contributed by atoms with van der Waals surface area (Å²) < 4.78 is 5.66. The molecule has 2 heterocycles. The van der Waals surface area contributed by atoms with Crippen molar-refractivity contribution in [3.63, 3.8) is 0 Å². The molecule has 0 radical (unpaired) electrons. The molecule has 0 saturated carbocycles. The Hall–Kier alpha value is -2.49. The molecule has 0 unspecified atom stereocenters. The zero-order valence-corrected chi connectivity index (χ0v) is 14.5. The summed E-state index contributed by atoms with van der Waals surface area (Å²) in [4.78, 5) is 16.9. The number of fused-ring (bicyclic) bond motifs is 1. The predicted molar refractivity (Wildman–Crippen MR) is 101 cm³/mol. The molecular formula is C21H24N2O2. The summed E-state index contributed by atoms with van der Waals surface area (Å²) in [7, 11) is 0. The normalized spacial score (nSPS) is 16.2. The minimum absolute atomic E-state index is 0.142. The Morgan fingerprint density at radius 2 is 1.80 bits per heavy atom. The zero-order valence-electron chi connectivity index (χ0n) is 14.5. The van der Waals surface area contributed by atoms with Gasteiger partial charge in [-0.2, -0.15) is 0 Å². The molecule has 2 aliphatic heterocycles. The topological polar surface area (TPSA) is 32.8 Å². The summed E-state index contributed by atoms with van der Waals surface area (Å²) in [5, 5.41) is 0. The lowest BCUT2D eigenvalue weighted by atomic mass is 10.1. The van der Waals surface area contributed by atoms with E-state index in [9.17, 15) is 4.79 Å². The van der Waals surface area contributed by atoms with Crippen molar-refractivity contribution in [2.75, 3.05) is 36.0 Å². The van der Waals surface area contributed by atoms with Crippen LogP contribution in [0.1, 0.15) is 24.8 Å². The van der Waals surface area contributed by atoms with Gasteiger partial charge in [0.15, 0.2) is 0 Å². The van der Waals surface area contributed by atoms with E-state index in [1.807, 2.05) is 35.2 Å². The van der Waals surface area contributed by atoms with E-state index >= 15 is 0 Å². The SMILES string of the molecule is O=C(CCOc1ccccc1)N1CCc2cc(N3CCCC3)ccc21. The summed E-state index contributed by atoms with van der Waals surface area (Å²) in [6.07, 6.45) is 3.91. The number of ether oxygens (including phenoxy) is 1. The van der Waals surface area contributed by atoms with Crippen molar-refractivity contribution in [1.29, 1.82) is 0 Å². The first-order valence-corrected chi connectivity index (χ1v) is 9.17. The molecule has 2 aromatic rings. The van der Waals surface area contributed by atoms with E-state index in [2.05, 4.69) is 23.1 Å². The summed E-state index contributed by atoms with van der Waals surface area (Å²) >= 11 is 0. The van der Waals surface area contributed by atoms with Crippen LogP contribution in [0, 0.1) is 0 Å². The lowest BCUT2D eigenvalue weighted by Gasteiger charge is -2.21. The summed E-state index contributed by atoms with van der Waals surface area (Å²) in [6, 6.07) is 16.2. The predicted octanol–water partition coefficient (Wildman–Crippen LogP) is 3.65. The second kappa shape index (κ2) is 7.18. The van der Waals surface area contributed by atoms with Gasteiger partial charge in [-0.3, -0.25) is 4.79 Å². The zero-order chi connectivity index (χ0) is 17.1. The maximum atomic E-state index is 12.6. The van der Waals surface area contributed by atoms with Crippen molar-refractivity contribution in [3.8, 4) is 5.75 Å². The van der Waals surface area contributed by atoms with Gasteiger partial charge in [0, 0.05) is 31.0 Å². The molecule has 4 rings (SSSR count). The fourth-order valence-corrected chi connectivity index (χ4v) is 3.73. The molecular weight excluding hydrogens is 312 g/mol. The summed E-state index contributed by atoms with van der Waals surface area (Å²) in [5.74, 6) is 0.955. The first-order chi connectivity index (χ1) is 12.3.